The van der Waals surface area contributed by atoms with Gasteiger partial charge in [-0.05, 0) is 135 Å². The maximum Gasteiger partial charge on any atom is 0.472 e. The van der Waals surface area contributed by atoms with E-state index in [0.29, 0.717) is 19.3 Å². The highest BCUT2D eigenvalue weighted by Crippen LogP contribution is 2.45. The van der Waals surface area contributed by atoms with Gasteiger partial charge in [0, 0.05) is 19.3 Å². The second kappa shape index (κ2) is 72.0. The van der Waals surface area contributed by atoms with E-state index >= 15 is 0 Å². The molecule has 0 amide bonds. The van der Waals surface area contributed by atoms with Gasteiger partial charge in [0.15, 0.2) is 6.10 Å². The van der Waals surface area contributed by atoms with Crippen molar-refractivity contribution < 1.29 is 75.8 Å². The fraction of sp³-hybridized carbons (Fsp3) is 0.734. The zero-order valence-corrected chi connectivity index (χ0v) is 62.8. The SMILES string of the molecule is CCCCC/C=C\C/C=C\C/C=C\C/C=C\CCCCCCCCCCCC(=O)OCC(O)COP(=O)(O)OCC(O)COP(=O)(O)OCC(COC(=O)CCCCCCC/C=C\C/C=C\C/C=C\C/C=C\CCCCC)OC(=O)CCCCCCC/C=C\CCCCCCCC. The van der Waals surface area contributed by atoms with E-state index in [-0.39, 0.29) is 19.3 Å². The molecule has 560 valence electrons. The van der Waals surface area contributed by atoms with Crippen LogP contribution >= 0.6 is 15.6 Å². The van der Waals surface area contributed by atoms with Crippen LogP contribution in [0, 0.1) is 0 Å². The molecule has 0 saturated heterocycles. The number of aliphatic hydroxyl groups is 2. The van der Waals surface area contributed by atoms with Crippen molar-refractivity contribution in [2.45, 2.75) is 334 Å². The first-order chi connectivity index (χ1) is 47.2. The number of phosphoric acid groups is 2. The first-order valence-corrected chi connectivity index (χ1v) is 41.2. The number of hydrogen-bond acceptors (Lipinski definition) is 14. The van der Waals surface area contributed by atoms with Gasteiger partial charge in [0.1, 0.15) is 25.4 Å². The molecule has 0 bridgehead atoms. The van der Waals surface area contributed by atoms with Crippen LogP contribution in [0.15, 0.2) is 109 Å². The molecule has 0 aliphatic rings. The Labute approximate surface area is 590 Å². The van der Waals surface area contributed by atoms with Crippen LogP contribution in [0.25, 0.3) is 0 Å². The number of esters is 3. The van der Waals surface area contributed by atoms with Gasteiger partial charge in [0.2, 0.25) is 0 Å². The highest BCUT2D eigenvalue weighted by Gasteiger charge is 2.29. The molecule has 0 aliphatic carbocycles. The summed E-state index contributed by atoms with van der Waals surface area (Å²) >= 11 is 0. The number of allylic oxidation sites excluding steroid dienone is 18. The predicted octanol–water partition coefficient (Wildman–Crippen LogP) is 22.0. The van der Waals surface area contributed by atoms with Crippen LogP contribution in [-0.4, -0.2) is 95.9 Å². The Kier molecular flexibility index (Phi) is 69.2. The topological polar surface area (TPSA) is 231 Å². The maximum atomic E-state index is 13.0. The van der Waals surface area contributed by atoms with E-state index in [9.17, 15) is 43.5 Å². The summed E-state index contributed by atoms with van der Waals surface area (Å²) in [5.41, 5.74) is 0. The van der Waals surface area contributed by atoms with Crippen molar-refractivity contribution in [2.75, 3.05) is 39.6 Å². The van der Waals surface area contributed by atoms with Gasteiger partial charge < -0.3 is 34.2 Å². The number of hydrogen-bond donors (Lipinski definition) is 4. The molecule has 0 radical (unpaired) electrons. The molecule has 4 N–H and O–H groups in total. The molecule has 18 heteroatoms. The molecule has 0 spiro atoms. The Bertz CT molecular complexity index is 2200. The van der Waals surface area contributed by atoms with E-state index in [1.54, 1.807) is 0 Å². The summed E-state index contributed by atoms with van der Waals surface area (Å²) in [4.78, 5) is 58.6. The van der Waals surface area contributed by atoms with E-state index in [1.165, 1.54) is 116 Å². The summed E-state index contributed by atoms with van der Waals surface area (Å²) in [5.74, 6) is -1.61. The smallest absolute Gasteiger partial charge is 0.463 e. The average molecular weight is 1410 g/mol. The molecular weight excluding hydrogens is 1270 g/mol. The third kappa shape index (κ3) is 73.3. The highest BCUT2D eigenvalue weighted by molar-refractivity contribution is 7.47. The zero-order valence-electron chi connectivity index (χ0n) is 61.0. The van der Waals surface area contributed by atoms with Crippen LogP contribution in [0.1, 0.15) is 316 Å². The molecule has 0 fully saturated rings. The summed E-state index contributed by atoms with van der Waals surface area (Å²) < 4.78 is 61.1. The molecule has 0 aromatic rings. The molecule has 0 rings (SSSR count). The molecule has 5 atom stereocenters. The average Bonchev–Trinajstić information content (AvgIpc) is 1.82. The minimum Gasteiger partial charge on any atom is -0.463 e. The van der Waals surface area contributed by atoms with Crippen molar-refractivity contribution in [1.82, 2.24) is 0 Å². The van der Waals surface area contributed by atoms with Gasteiger partial charge in [-0.15, -0.1) is 0 Å². The minimum atomic E-state index is -4.94. The number of aliphatic hydroxyl groups excluding tert-OH is 2. The molecule has 0 heterocycles. The Morgan fingerprint density at radius 3 is 0.845 bits per heavy atom. The third-order valence-corrected chi connectivity index (χ3v) is 17.8. The van der Waals surface area contributed by atoms with E-state index in [4.69, 9.17) is 32.3 Å². The maximum absolute atomic E-state index is 13.0. The summed E-state index contributed by atoms with van der Waals surface area (Å²) in [6, 6.07) is 0. The van der Waals surface area contributed by atoms with E-state index in [2.05, 4.69) is 130 Å². The Morgan fingerprint density at radius 1 is 0.289 bits per heavy atom. The molecule has 0 aliphatic heterocycles. The number of carbonyl (C=O) groups excluding carboxylic acids is 3. The van der Waals surface area contributed by atoms with Gasteiger partial charge in [-0.2, -0.15) is 0 Å². The Hall–Kier alpha value is -3.79. The summed E-state index contributed by atoms with van der Waals surface area (Å²) in [6.07, 6.45) is 82.7. The number of unbranched alkanes of at least 4 members (excludes halogenated alkanes) is 31. The van der Waals surface area contributed by atoms with Crippen molar-refractivity contribution in [3.05, 3.63) is 109 Å². The summed E-state index contributed by atoms with van der Waals surface area (Å²) in [5, 5.41) is 20.6. The number of carbonyl (C=O) groups is 3. The van der Waals surface area contributed by atoms with Crippen molar-refractivity contribution in [3.63, 3.8) is 0 Å². The molecule has 16 nitrogen and oxygen atoms in total. The molecule has 0 aromatic heterocycles. The summed E-state index contributed by atoms with van der Waals surface area (Å²) in [6.45, 7) is 2.59. The second-order valence-corrected chi connectivity index (χ2v) is 28.4. The summed E-state index contributed by atoms with van der Waals surface area (Å²) in [7, 11) is -9.79. The number of phosphoric ester groups is 2. The molecule has 5 unspecified atom stereocenters. The Morgan fingerprint density at radius 2 is 0.515 bits per heavy atom. The lowest BCUT2D eigenvalue weighted by Crippen LogP contribution is -2.30. The third-order valence-electron chi connectivity index (χ3n) is 15.9. The zero-order chi connectivity index (χ0) is 70.9. The first-order valence-electron chi connectivity index (χ1n) is 38.2. The molecule has 97 heavy (non-hydrogen) atoms. The standard InChI is InChI=1S/C79H138O16P2/c1-4-7-10-13-16-19-22-25-28-30-32-34-35-36-37-39-41-42-45-47-50-53-56-59-62-65-77(82)89-68-74(80)69-91-96(85,86)92-70-75(81)71-93-97(87,88)94-73-76(95-79(84)67-64-61-58-55-52-49-44-27-24-21-18-15-12-9-6-3)72-90-78(83)66-63-60-57-54-51-48-46-43-40-38-33-31-29-26-23-20-17-14-11-8-5-2/h16-17,19-20,25-29,32-34,36-38,43-44,46,74-76,80-81H,4-15,18,21-24,30-31,35,39-42,45,47-73H2,1-3H3,(H,85,86)(H,87,88)/b19-16-,20-17-,28-25-,29-26-,34-32-,37-36-,38-33-,44-27-,46-43-. The largest absolute Gasteiger partial charge is 0.472 e. The van der Waals surface area contributed by atoms with Crippen molar-refractivity contribution in [1.29, 1.82) is 0 Å². The normalized spacial score (nSPS) is 14.7. The van der Waals surface area contributed by atoms with Gasteiger partial charge in [0.05, 0.1) is 26.4 Å². The van der Waals surface area contributed by atoms with Crippen molar-refractivity contribution in [3.8, 4) is 0 Å². The molecule has 0 saturated carbocycles. The number of rotatable bonds is 72. The predicted molar refractivity (Wildman–Crippen MR) is 399 cm³/mol. The lowest BCUT2D eigenvalue weighted by Gasteiger charge is -2.21. The van der Waals surface area contributed by atoms with Crippen molar-refractivity contribution in [2.24, 2.45) is 0 Å². The van der Waals surface area contributed by atoms with Crippen LogP contribution in [-0.2, 0) is 55.8 Å². The fourth-order valence-electron chi connectivity index (χ4n) is 10.1. The van der Waals surface area contributed by atoms with E-state index in [1.807, 2.05) is 0 Å². The molecular formula is C79H138O16P2. The van der Waals surface area contributed by atoms with Gasteiger partial charge in [-0.1, -0.05) is 271 Å². The molecule has 0 aromatic carbocycles. The lowest BCUT2D eigenvalue weighted by atomic mass is 10.1. The Balaban J connectivity index is 4.62. The van der Waals surface area contributed by atoms with Gasteiger partial charge in [0.25, 0.3) is 0 Å². The van der Waals surface area contributed by atoms with Crippen LogP contribution in [0.5, 0.6) is 0 Å². The van der Waals surface area contributed by atoms with Gasteiger partial charge in [-0.3, -0.25) is 32.5 Å². The van der Waals surface area contributed by atoms with Crippen LogP contribution in [0.4, 0.5) is 0 Å². The van der Waals surface area contributed by atoms with Crippen LogP contribution in [0.2, 0.25) is 0 Å². The lowest BCUT2D eigenvalue weighted by molar-refractivity contribution is -0.161. The van der Waals surface area contributed by atoms with Crippen molar-refractivity contribution >= 4 is 33.6 Å². The highest BCUT2D eigenvalue weighted by atomic mass is 31.2. The van der Waals surface area contributed by atoms with Gasteiger partial charge in [-0.25, -0.2) is 9.13 Å². The minimum absolute atomic E-state index is 0.0892. The fourth-order valence-corrected chi connectivity index (χ4v) is 11.6. The van der Waals surface area contributed by atoms with Gasteiger partial charge >= 0.3 is 33.6 Å². The number of ether oxygens (including phenoxy) is 3. The van der Waals surface area contributed by atoms with E-state index < -0.39 is 91.5 Å². The monoisotopic (exact) mass is 1400 g/mol. The quantitative estimate of drug-likeness (QED) is 0.0146. The van der Waals surface area contributed by atoms with Crippen LogP contribution < -0.4 is 0 Å². The first kappa shape index (κ1) is 93.2. The second-order valence-electron chi connectivity index (χ2n) is 25.4. The van der Waals surface area contributed by atoms with E-state index in [0.717, 1.165) is 141 Å². The van der Waals surface area contributed by atoms with Crippen LogP contribution in [0.3, 0.4) is 0 Å².